The van der Waals surface area contributed by atoms with Crippen LogP contribution in [-0.4, -0.2) is 32.4 Å². The fourth-order valence-electron chi connectivity index (χ4n) is 1.85. The monoisotopic (exact) mass is 418 g/mol. The lowest BCUT2D eigenvalue weighted by Gasteiger charge is -2.01. The second-order valence-corrected chi connectivity index (χ2v) is 6.01. The molecule has 0 saturated carbocycles. The molecule has 0 aliphatic rings. The molecule has 0 aliphatic heterocycles. The summed E-state index contributed by atoms with van der Waals surface area (Å²) in [6, 6.07) is 3.07. The lowest BCUT2D eigenvalue weighted by Crippen LogP contribution is -2.24. The van der Waals surface area contributed by atoms with E-state index in [0.29, 0.717) is 18.7 Å². The lowest BCUT2D eigenvalue weighted by atomic mass is 10.3. The standard InChI is InChI=1S/C13H12BrClN4O5/c14-9-7-18(17-12(9)19(22)23)6-8-3-4-10(24-8)13(21)16-5-1-2-11(15)20/h3-4,7H,1-2,5-6H2,(H,16,21). The van der Waals surface area contributed by atoms with E-state index in [1.165, 1.54) is 16.9 Å². The fraction of sp³-hybridized carbons (Fsp3) is 0.308. The van der Waals surface area contributed by atoms with Gasteiger partial charge in [-0.05, 0) is 51.0 Å². The Balaban J connectivity index is 1.93. The minimum absolute atomic E-state index is 0.0999. The normalized spacial score (nSPS) is 10.6. The molecule has 0 saturated heterocycles. The zero-order valence-corrected chi connectivity index (χ0v) is 14.5. The van der Waals surface area contributed by atoms with Crippen molar-refractivity contribution in [2.75, 3.05) is 6.54 Å². The number of nitrogens with one attached hydrogen (secondary N) is 1. The highest BCUT2D eigenvalue weighted by Gasteiger charge is 2.19. The van der Waals surface area contributed by atoms with E-state index >= 15 is 0 Å². The van der Waals surface area contributed by atoms with Crippen LogP contribution >= 0.6 is 27.5 Å². The van der Waals surface area contributed by atoms with Crippen molar-refractivity contribution in [2.45, 2.75) is 19.4 Å². The van der Waals surface area contributed by atoms with Crippen LogP contribution in [0.5, 0.6) is 0 Å². The summed E-state index contributed by atoms with van der Waals surface area (Å²) in [7, 11) is 0. The minimum atomic E-state index is -0.604. The van der Waals surface area contributed by atoms with Gasteiger partial charge in [-0.1, -0.05) is 0 Å². The third-order valence-electron chi connectivity index (χ3n) is 2.91. The molecule has 11 heteroatoms. The summed E-state index contributed by atoms with van der Waals surface area (Å²) in [5.74, 6) is -0.201. The van der Waals surface area contributed by atoms with E-state index in [-0.39, 0.29) is 29.0 Å². The van der Waals surface area contributed by atoms with Crippen molar-refractivity contribution in [2.24, 2.45) is 0 Å². The predicted molar refractivity (Wildman–Crippen MR) is 86.8 cm³/mol. The molecule has 2 rings (SSSR count). The first-order valence-electron chi connectivity index (χ1n) is 6.79. The van der Waals surface area contributed by atoms with Crippen molar-refractivity contribution in [3.8, 4) is 0 Å². The maximum absolute atomic E-state index is 11.9. The van der Waals surface area contributed by atoms with E-state index in [0.717, 1.165) is 0 Å². The Morgan fingerprint density at radius 1 is 1.46 bits per heavy atom. The van der Waals surface area contributed by atoms with Gasteiger partial charge in [-0.25, -0.2) is 0 Å². The van der Waals surface area contributed by atoms with Crippen molar-refractivity contribution in [1.82, 2.24) is 15.1 Å². The quantitative estimate of drug-likeness (QED) is 0.304. The summed E-state index contributed by atoms with van der Waals surface area (Å²) in [5.41, 5.74) is 0. The summed E-state index contributed by atoms with van der Waals surface area (Å²) in [5, 5.41) is 16.7. The van der Waals surface area contributed by atoms with E-state index in [1.807, 2.05) is 0 Å². The van der Waals surface area contributed by atoms with E-state index in [1.54, 1.807) is 6.07 Å². The van der Waals surface area contributed by atoms with Crippen LogP contribution in [0, 0.1) is 10.1 Å². The number of halogens is 2. The van der Waals surface area contributed by atoms with Gasteiger partial charge in [-0.3, -0.25) is 9.59 Å². The lowest BCUT2D eigenvalue weighted by molar-refractivity contribution is -0.390. The van der Waals surface area contributed by atoms with E-state index < -0.39 is 16.1 Å². The minimum Gasteiger partial charge on any atom is -0.454 e. The Bertz CT molecular complexity index is 772. The number of aromatic nitrogens is 2. The maximum atomic E-state index is 11.9. The SMILES string of the molecule is O=C(Cl)CCCNC(=O)c1ccc(Cn2cc(Br)c([N+](=O)[O-])n2)o1. The summed E-state index contributed by atoms with van der Waals surface area (Å²) < 4.78 is 6.97. The Hall–Kier alpha value is -2.20. The predicted octanol–water partition coefficient (Wildman–Crippen LogP) is 2.47. The van der Waals surface area contributed by atoms with Crippen molar-refractivity contribution in [3.05, 3.63) is 44.4 Å². The Morgan fingerprint density at radius 3 is 2.83 bits per heavy atom. The molecule has 0 spiro atoms. The first-order chi connectivity index (χ1) is 11.4. The maximum Gasteiger partial charge on any atom is 0.404 e. The van der Waals surface area contributed by atoms with E-state index in [9.17, 15) is 19.7 Å². The summed E-state index contributed by atoms with van der Waals surface area (Å²) >= 11 is 8.25. The van der Waals surface area contributed by atoms with Gasteiger partial charge in [0.25, 0.3) is 5.91 Å². The molecule has 128 valence electrons. The average Bonchev–Trinajstić information content (AvgIpc) is 3.10. The van der Waals surface area contributed by atoms with Crippen LogP contribution in [0.25, 0.3) is 0 Å². The van der Waals surface area contributed by atoms with E-state index in [2.05, 4.69) is 26.3 Å². The van der Waals surface area contributed by atoms with Crippen molar-refractivity contribution in [1.29, 1.82) is 0 Å². The number of nitro groups is 1. The molecular weight excluding hydrogens is 408 g/mol. The van der Waals surface area contributed by atoms with Crippen molar-refractivity contribution < 1.29 is 18.9 Å². The second kappa shape index (κ2) is 8.06. The molecule has 0 aliphatic carbocycles. The summed E-state index contributed by atoms with van der Waals surface area (Å²) in [6.45, 7) is 0.437. The number of hydrogen-bond donors (Lipinski definition) is 1. The summed E-state index contributed by atoms with van der Waals surface area (Å²) in [4.78, 5) is 32.6. The molecule has 0 unspecified atom stereocenters. The van der Waals surface area contributed by atoms with Gasteiger partial charge in [0.05, 0.1) is 11.3 Å². The first kappa shape index (κ1) is 18.1. The molecule has 0 atom stereocenters. The third-order valence-corrected chi connectivity index (χ3v) is 3.66. The fourth-order valence-corrected chi connectivity index (χ4v) is 2.45. The van der Waals surface area contributed by atoms with Gasteiger partial charge in [0.1, 0.15) is 16.8 Å². The van der Waals surface area contributed by atoms with Gasteiger partial charge < -0.3 is 19.8 Å². The molecule has 9 nitrogen and oxygen atoms in total. The Labute approximate surface area is 149 Å². The van der Waals surface area contributed by atoms with Gasteiger partial charge >= 0.3 is 5.82 Å². The van der Waals surface area contributed by atoms with Gasteiger partial charge in [0, 0.05) is 13.0 Å². The molecular formula is C13H12BrClN4O5. The van der Waals surface area contributed by atoms with Crippen LogP contribution in [-0.2, 0) is 11.3 Å². The molecule has 0 fully saturated rings. The highest BCUT2D eigenvalue weighted by atomic mass is 79.9. The number of furan rings is 1. The molecule has 2 aromatic rings. The number of rotatable bonds is 8. The third kappa shape index (κ3) is 4.90. The first-order valence-corrected chi connectivity index (χ1v) is 7.96. The zero-order chi connectivity index (χ0) is 17.7. The van der Waals surface area contributed by atoms with Gasteiger partial charge in [-0.2, -0.15) is 4.68 Å². The molecule has 1 amide bonds. The number of hydrogen-bond acceptors (Lipinski definition) is 6. The molecule has 2 aromatic heterocycles. The smallest absolute Gasteiger partial charge is 0.404 e. The van der Waals surface area contributed by atoms with Crippen LogP contribution in [0.4, 0.5) is 5.82 Å². The van der Waals surface area contributed by atoms with Crippen molar-refractivity contribution in [3.63, 3.8) is 0 Å². The molecule has 24 heavy (non-hydrogen) atoms. The molecule has 2 heterocycles. The van der Waals surface area contributed by atoms with Crippen molar-refractivity contribution >= 4 is 44.5 Å². The Kier molecular flexibility index (Phi) is 6.10. The van der Waals surface area contributed by atoms with Crippen LogP contribution in [0.15, 0.2) is 27.2 Å². The zero-order valence-electron chi connectivity index (χ0n) is 12.2. The summed E-state index contributed by atoms with van der Waals surface area (Å²) in [6.07, 6.45) is 2.06. The molecule has 0 bridgehead atoms. The number of carbonyl (C=O) groups is 2. The van der Waals surface area contributed by atoms with Crippen LogP contribution in [0.3, 0.4) is 0 Å². The van der Waals surface area contributed by atoms with Crippen LogP contribution in [0.1, 0.15) is 29.2 Å². The van der Waals surface area contributed by atoms with Gasteiger partial charge in [-0.15, -0.1) is 0 Å². The number of carbonyl (C=O) groups excluding carboxylic acids is 2. The van der Waals surface area contributed by atoms with Crippen LogP contribution in [0.2, 0.25) is 0 Å². The Morgan fingerprint density at radius 2 is 2.21 bits per heavy atom. The molecule has 1 N–H and O–H groups in total. The molecule has 0 aromatic carbocycles. The second-order valence-electron chi connectivity index (χ2n) is 4.74. The van der Waals surface area contributed by atoms with Gasteiger partial charge in [0.15, 0.2) is 5.76 Å². The van der Waals surface area contributed by atoms with Crippen LogP contribution < -0.4 is 5.32 Å². The largest absolute Gasteiger partial charge is 0.454 e. The highest BCUT2D eigenvalue weighted by Crippen LogP contribution is 2.22. The molecule has 0 radical (unpaired) electrons. The average molecular weight is 420 g/mol. The van der Waals surface area contributed by atoms with Gasteiger partial charge in [0.2, 0.25) is 5.24 Å². The topological polar surface area (TPSA) is 120 Å². The highest BCUT2D eigenvalue weighted by molar-refractivity contribution is 9.10. The number of amides is 1. The van der Waals surface area contributed by atoms with E-state index in [4.69, 9.17) is 16.0 Å². The number of nitrogens with zero attached hydrogens (tertiary/aromatic N) is 3.